The summed E-state index contributed by atoms with van der Waals surface area (Å²) in [4.78, 5) is 33.4. The zero-order valence-corrected chi connectivity index (χ0v) is 22.3. The molecule has 204 valence electrons. The maximum Gasteiger partial charge on any atom is 0.262 e. The fourth-order valence-corrected chi connectivity index (χ4v) is 7.00. The van der Waals surface area contributed by atoms with E-state index in [9.17, 15) is 19.8 Å². The minimum absolute atomic E-state index is 0.140. The maximum absolute atomic E-state index is 14.3. The van der Waals surface area contributed by atoms with E-state index in [0.717, 1.165) is 49.2 Å². The van der Waals surface area contributed by atoms with Gasteiger partial charge in [-0.05, 0) is 42.7 Å². The summed E-state index contributed by atoms with van der Waals surface area (Å²) >= 11 is 0. The number of H-pyrrole nitrogens is 1. The number of aliphatic hydroxyl groups excluding tert-OH is 2. The van der Waals surface area contributed by atoms with Crippen LogP contribution in [0, 0.1) is 0 Å². The van der Waals surface area contributed by atoms with Gasteiger partial charge in [0.15, 0.2) is 0 Å². The SMILES string of the molecule is COc1ccc(CN2C(=O)c3c(c4c5ccccc5n(C5CC(O)C(O)C5)c4c4[nH]c5ccccc5c34)C2=O)cc1. The molecule has 1 aliphatic carbocycles. The molecule has 0 saturated heterocycles. The molecule has 2 aromatic heterocycles. The number of carbonyl (C=O) groups excluding carboxylic acids is 2. The van der Waals surface area contributed by atoms with Crippen molar-refractivity contribution in [2.24, 2.45) is 0 Å². The average Bonchev–Trinajstić information content (AvgIpc) is 3.70. The lowest BCUT2D eigenvalue weighted by molar-refractivity contribution is 0.0438. The van der Waals surface area contributed by atoms with Gasteiger partial charge in [0.05, 0.1) is 48.0 Å². The van der Waals surface area contributed by atoms with Crippen LogP contribution in [0.5, 0.6) is 5.75 Å². The van der Waals surface area contributed by atoms with E-state index in [1.165, 1.54) is 4.90 Å². The van der Waals surface area contributed by atoms with Gasteiger partial charge in [-0.3, -0.25) is 14.5 Å². The molecule has 0 radical (unpaired) electrons. The quantitative estimate of drug-likeness (QED) is 0.261. The molecule has 2 amide bonds. The number of methoxy groups -OCH3 is 1. The Bertz CT molecular complexity index is 2050. The van der Waals surface area contributed by atoms with Crippen LogP contribution in [0.25, 0.3) is 43.6 Å². The van der Waals surface area contributed by atoms with E-state index in [-0.39, 0.29) is 24.4 Å². The number of benzene rings is 4. The number of amides is 2. The highest BCUT2D eigenvalue weighted by Gasteiger charge is 2.42. The summed E-state index contributed by atoms with van der Waals surface area (Å²) in [5.74, 6) is 0.0571. The van der Waals surface area contributed by atoms with Crippen molar-refractivity contribution < 1.29 is 24.5 Å². The Morgan fingerprint density at radius 2 is 1.46 bits per heavy atom. The van der Waals surface area contributed by atoms with Gasteiger partial charge >= 0.3 is 0 Å². The van der Waals surface area contributed by atoms with Crippen LogP contribution in [0.2, 0.25) is 0 Å². The van der Waals surface area contributed by atoms with Crippen LogP contribution >= 0.6 is 0 Å². The number of aliphatic hydroxyl groups is 2. The van der Waals surface area contributed by atoms with Gasteiger partial charge in [-0.2, -0.15) is 0 Å². The molecule has 6 aromatic rings. The van der Waals surface area contributed by atoms with Crippen molar-refractivity contribution in [3.63, 3.8) is 0 Å². The average molecular weight is 546 g/mol. The molecule has 0 spiro atoms. The molecule has 4 aromatic carbocycles. The van der Waals surface area contributed by atoms with Crippen molar-refractivity contribution in [2.45, 2.75) is 37.6 Å². The highest BCUT2D eigenvalue weighted by Crippen LogP contribution is 2.47. The third kappa shape index (κ3) is 3.29. The third-order valence-electron chi connectivity index (χ3n) is 8.86. The zero-order valence-electron chi connectivity index (χ0n) is 22.3. The highest BCUT2D eigenvalue weighted by atomic mass is 16.5. The minimum atomic E-state index is -0.827. The van der Waals surface area contributed by atoms with Crippen LogP contribution in [-0.2, 0) is 6.54 Å². The predicted octanol–water partition coefficient (Wildman–Crippen LogP) is 5.29. The van der Waals surface area contributed by atoms with Crippen LogP contribution in [0.3, 0.4) is 0 Å². The Balaban J connectivity index is 1.46. The normalized spacial score (nSPS) is 20.8. The molecular weight excluding hydrogens is 518 g/mol. The maximum atomic E-state index is 14.3. The molecule has 1 fully saturated rings. The topological polar surface area (TPSA) is 108 Å². The van der Waals surface area contributed by atoms with Gasteiger partial charge in [0.25, 0.3) is 11.8 Å². The number of fused-ring (bicyclic) bond motifs is 10. The second-order valence-electron chi connectivity index (χ2n) is 11.1. The molecule has 3 N–H and O–H groups in total. The number of hydrogen-bond acceptors (Lipinski definition) is 5. The molecule has 8 rings (SSSR count). The number of ether oxygens (including phenoxy) is 1. The smallest absolute Gasteiger partial charge is 0.262 e. The Hall–Kier alpha value is -4.66. The monoisotopic (exact) mass is 545 g/mol. The molecule has 8 heteroatoms. The standard InChI is InChI=1S/C33H27N3O5/c1-41-19-12-10-17(11-13-19)16-35-32(39)28-26-20-6-2-4-8-22(20)34-30(26)31-27(29(28)33(35)40)21-7-3-5-9-23(21)36(31)18-14-24(37)25(38)15-18/h2-13,18,24-25,34,37-38H,14-16H2,1H3. The van der Waals surface area contributed by atoms with Crippen LogP contribution in [0.4, 0.5) is 0 Å². The van der Waals surface area contributed by atoms with Gasteiger partial charge in [-0.25, -0.2) is 0 Å². The second kappa shape index (κ2) is 8.67. The lowest BCUT2D eigenvalue weighted by atomic mass is 9.96. The van der Waals surface area contributed by atoms with Gasteiger partial charge in [0.2, 0.25) is 0 Å². The van der Waals surface area contributed by atoms with E-state index in [1.807, 2.05) is 72.8 Å². The van der Waals surface area contributed by atoms with Crippen molar-refractivity contribution in [2.75, 3.05) is 7.11 Å². The zero-order chi connectivity index (χ0) is 28.0. The number of nitrogens with one attached hydrogen (secondary N) is 1. The van der Waals surface area contributed by atoms with Gasteiger partial charge in [-0.1, -0.05) is 48.5 Å². The number of para-hydroxylation sites is 2. The van der Waals surface area contributed by atoms with Gasteiger partial charge in [0, 0.05) is 38.6 Å². The van der Waals surface area contributed by atoms with Crippen molar-refractivity contribution in [1.29, 1.82) is 0 Å². The van der Waals surface area contributed by atoms with E-state index in [1.54, 1.807) is 7.11 Å². The number of imide groups is 1. The van der Waals surface area contributed by atoms with E-state index < -0.39 is 12.2 Å². The molecule has 1 aliphatic heterocycles. The highest BCUT2D eigenvalue weighted by molar-refractivity contribution is 6.39. The first kappa shape index (κ1) is 24.2. The Kier molecular flexibility index (Phi) is 5.11. The number of aromatic nitrogens is 2. The van der Waals surface area contributed by atoms with Crippen molar-refractivity contribution in [3.8, 4) is 5.75 Å². The number of rotatable bonds is 4. The van der Waals surface area contributed by atoms with Gasteiger partial charge < -0.3 is 24.5 Å². The van der Waals surface area contributed by atoms with Crippen LogP contribution < -0.4 is 4.74 Å². The Morgan fingerprint density at radius 1 is 0.829 bits per heavy atom. The summed E-state index contributed by atoms with van der Waals surface area (Å²) in [5.41, 5.74) is 5.01. The lowest BCUT2D eigenvalue weighted by Gasteiger charge is -2.16. The minimum Gasteiger partial charge on any atom is -0.497 e. The number of nitrogens with zero attached hydrogens (tertiary/aromatic N) is 2. The van der Waals surface area contributed by atoms with Crippen LogP contribution in [0.1, 0.15) is 45.2 Å². The molecule has 1 saturated carbocycles. The lowest BCUT2D eigenvalue weighted by Crippen LogP contribution is -2.29. The van der Waals surface area contributed by atoms with E-state index >= 15 is 0 Å². The summed E-state index contributed by atoms with van der Waals surface area (Å²) in [5, 5.41) is 24.2. The Morgan fingerprint density at radius 3 is 2.17 bits per heavy atom. The molecule has 8 nitrogen and oxygen atoms in total. The van der Waals surface area contributed by atoms with Crippen molar-refractivity contribution in [3.05, 3.63) is 89.5 Å². The van der Waals surface area contributed by atoms with Crippen LogP contribution in [0.15, 0.2) is 72.8 Å². The van der Waals surface area contributed by atoms with Crippen molar-refractivity contribution >= 4 is 55.4 Å². The summed E-state index contributed by atoms with van der Waals surface area (Å²) in [6.07, 6.45) is -0.867. The predicted molar refractivity (Wildman–Crippen MR) is 156 cm³/mol. The molecule has 41 heavy (non-hydrogen) atoms. The number of hydrogen-bond donors (Lipinski definition) is 3. The molecule has 2 atom stereocenters. The number of aromatic amines is 1. The largest absolute Gasteiger partial charge is 0.497 e. The van der Waals surface area contributed by atoms with E-state index in [0.29, 0.717) is 29.7 Å². The second-order valence-corrected chi connectivity index (χ2v) is 11.1. The molecule has 2 aliphatic rings. The summed E-state index contributed by atoms with van der Waals surface area (Å²) in [6.45, 7) is 0.140. The molecule has 2 unspecified atom stereocenters. The van der Waals surface area contributed by atoms with Crippen molar-refractivity contribution in [1.82, 2.24) is 14.5 Å². The summed E-state index contributed by atoms with van der Waals surface area (Å²) in [6, 6.07) is 22.9. The molecule has 0 bridgehead atoms. The van der Waals surface area contributed by atoms with E-state index in [4.69, 9.17) is 4.74 Å². The van der Waals surface area contributed by atoms with Gasteiger partial charge in [0.1, 0.15) is 5.75 Å². The fourth-order valence-electron chi connectivity index (χ4n) is 7.00. The number of carbonyl (C=O) groups is 2. The summed E-state index contributed by atoms with van der Waals surface area (Å²) < 4.78 is 7.43. The van der Waals surface area contributed by atoms with Crippen LogP contribution in [-0.4, -0.2) is 55.8 Å². The fraction of sp³-hybridized carbons (Fsp3) is 0.212. The Labute approximate surface area is 234 Å². The first-order valence-corrected chi connectivity index (χ1v) is 13.8. The van der Waals surface area contributed by atoms with E-state index in [2.05, 4.69) is 9.55 Å². The first-order valence-electron chi connectivity index (χ1n) is 13.8. The first-order chi connectivity index (χ1) is 20.0. The summed E-state index contributed by atoms with van der Waals surface area (Å²) in [7, 11) is 1.60. The molecule has 3 heterocycles. The third-order valence-corrected chi connectivity index (χ3v) is 8.86. The van der Waals surface area contributed by atoms with Gasteiger partial charge in [-0.15, -0.1) is 0 Å². The molecular formula is C33H27N3O5.